The molecule has 1 aromatic heterocycles. The zero-order valence-corrected chi connectivity index (χ0v) is 16.5. The summed E-state index contributed by atoms with van der Waals surface area (Å²) in [6, 6.07) is 9.29. The molecule has 0 N–H and O–H groups in total. The van der Waals surface area contributed by atoms with Gasteiger partial charge in [0.1, 0.15) is 6.54 Å². The lowest BCUT2D eigenvalue weighted by Crippen LogP contribution is -2.24. The van der Waals surface area contributed by atoms with Crippen molar-refractivity contribution in [2.45, 2.75) is 33.2 Å². The first-order chi connectivity index (χ1) is 14.3. The largest absolute Gasteiger partial charge is 0.456 e. The van der Waals surface area contributed by atoms with Crippen LogP contribution in [0.1, 0.15) is 35.3 Å². The van der Waals surface area contributed by atoms with Crippen LogP contribution in [0.15, 0.2) is 45.6 Å². The summed E-state index contributed by atoms with van der Waals surface area (Å²) in [6.45, 7) is 2.99. The number of benzene rings is 2. The Hall–Kier alpha value is -3.75. The van der Waals surface area contributed by atoms with Crippen LogP contribution in [0.5, 0.6) is 0 Å². The number of fused-ring (bicyclic) bond motifs is 1. The van der Waals surface area contributed by atoms with Crippen LogP contribution in [0.3, 0.4) is 0 Å². The van der Waals surface area contributed by atoms with Crippen LogP contribution in [0.25, 0.3) is 11.1 Å². The van der Waals surface area contributed by atoms with E-state index < -0.39 is 29.8 Å². The maximum Gasteiger partial charge on any atom is 0.420 e. The van der Waals surface area contributed by atoms with Crippen LogP contribution in [0.4, 0.5) is 5.69 Å². The molecule has 0 bridgehead atoms. The molecule has 3 aromatic rings. The van der Waals surface area contributed by atoms with Crippen molar-refractivity contribution in [3.63, 3.8) is 0 Å². The number of nitro benzene ring substituents is 1. The van der Waals surface area contributed by atoms with Gasteiger partial charge in [0.15, 0.2) is 12.2 Å². The van der Waals surface area contributed by atoms with E-state index in [-0.39, 0.29) is 22.6 Å². The van der Waals surface area contributed by atoms with E-state index in [2.05, 4.69) is 0 Å². The fourth-order valence-electron chi connectivity index (χ4n) is 3.13. The molecular weight excluding hydrogens is 392 g/mol. The number of rotatable bonds is 8. The zero-order chi connectivity index (χ0) is 21.8. The number of ether oxygens (including phenoxy) is 1. The Morgan fingerprint density at radius 3 is 2.57 bits per heavy atom. The Labute approximate surface area is 171 Å². The normalized spacial score (nSPS) is 10.9. The minimum Gasteiger partial charge on any atom is -0.456 e. The number of Topliss-reactive ketones (excluding diaryl/α,β-unsaturated/α-hetero) is 1. The highest BCUT2D eigenvalue weighted by Gasteiger charge is 2.18. The number of esters is 1. The van der Waals surface area contributed by atoms with E-state index >= 15 is 0 Å². The van der Waals surface area contributed by atoms with Crippen LogP contribution in [-0.2, 0) is 28.9 Å². The number of non-ortho nitro benzene ring substituents is 1. The van der Waals surface area contributed by atoms with Crippen molar-refractivity contribution in [1.82, 2.24) is 4.57 Å². The van der Waals surface area contributed by atoms with Crippen LogP contribution in [0, 0.1) is 10.1 Å². The van der Waals surface area contributed by atoms with Crippen LogP contribution >= 0.6 is 0 Å². The lowest BCUT2D eigenvalue weighted by atomic mass is 9.98. The molecule has 0 unspecified atom stereocenters. The van der Waals surface area contributed by atoms with Gasteiger partial charge in [0.05, 0.1) is 16.5 Å². The molecule has 0 spiro atoms. The molecule has 30 heavy (non-hydrogen) atoms. The lowest BCUT2D eigenvalue weighted by molar-refractivity contribution is -0.384. The second-order valence-corrected chi connectivity index (χ2v) is 6.65. The molecule has 0 aliphatic carbocycles. The smallest absolute Gasteiger partial charge is 0.420 e. The average Bonchev–Trinajstić information content (AvgIpc) is 3.05. The van der Waals surface area contributed by atoms with Crippen molar-refractivity contribution in [3.05, 3.63) is 73.8 Å². The summed E-state index contributed by atoms with van der Waals surface area (Å²) in [5.41, 5.74) is 2.36. The van der Waals surface area contributed by atoms with Crippen molar-refractivity contribution in [2.75, 3.05) is 6.61 Å². The summed E-state index contributed by atoms with van der Waals surface area (Å²) in [4.78, 5) is 47.0. The summed E-state index contributed by atoms with van der Waals surface area (Å²) in [7, 11) is 0. The van der Waals surface area contributed by atoms with Crippen molar-refractivity contribution in [1.29, 1.82) is 0 Å². The Kier molecular flexibility index (Phi) is 6.10. The number of hydrogen-bond acceptors (Lipinski definition) is 7. The Morgan fingerprint density at radius 2 is 1.90 bits per heavy atom. The minimum absolute atomic E-state index is 0.0120. The molecule has 0 saturated heterocycles. The summed E-state index contributed by atoms with van der Waals surface area (Å²) in [6.07, 6.45) is 1.44. The topological polar surface area (TPSA) is 122 Å². The van der Waals surface area contributed by atoms with Crippen LogP contribution < -0.4 is 5.76 Å². The van der Waals surface area contributed by atoms with Crippen LogP contribution in [-0.4, -0.2) is 27.8 Å². The predicted octanol–water partition coefficient (Wildman–Crippen LogP) is 3.05. The minimum atomic E-state index is -0.849. The van der Waals surface area contributed by atoms with E-state index in [0.717, 1.165) is 28.2 Å². The second kappa shape index (κ2) is 8.73. The summed E-state index contributed by atoms with van der Waals surface area (Å²) >= 11 is 0. The number of nitrogens with zero attached hydrogens (tertiary/aromatic N) is 2. The van der Waals surface area contributed by atoms with Crippen molar-refractivity contribution >= 4 is 28.5 Å². The number of aromatic nitrogens is 1. The maximum atomic E-state index is 12.6. The monoisotopic (exact) mass is 412 g/mol. The van der Waals surface area contributed by atoms with E-state index in [1.807, 2.05) is 26.0 Å². The van der Waals surface area contributed by atoms with Gasteiger partial charge in [-0.1, -0.05) is 26.0 Å². The third kappa shape index (κ3) is 4.29. The third-order valence-electron chi connectivity index (χ3n) is 4.78. The summed E-state index contributed by atoms with van der Waals surface area (Å²) < 4.78 is 11.0. The molecule has 0 saturated carbocycles. The fraction of sp³-hybridized carbons (Fsp3) is 0.286. The van der Waals surface area contributed by atoms with E-state index in [0.29, 0.717) is 12.0 Å². The predicted molar refractivity (Wildman–Crippen MR) is 108 cm³/mol. The van der Waals surface area contributed by atoms with E-state index in [1.54, 1.807) is 6.07 Å². The third-order valence-corrected chi connectivity index (χ3v) is 4.78. The molecule has 0 aliphatic rings. The van der Waals surface area contributed by atoms with Gasteiger partial charge in [0.25, 0.3) is 5.69 Å². The van der Waals surface area contributed by atoms with E-state index in [4.69, 9.17) is 9.15 Å². The molecule has 0 amide bonds. The number of carbonyl (C=O) groups excluding carboxylic acids is 2. The second-order valence-electron chi connectivity index (χ2n) is 6.65. The van der Waals surface area contributed by atoms with E-state index in [1.165, 1.54) is 12.1 Å². The number of aryl methyl sites for hydroxylation is 2. The molecule has 0 fully saturated rings. The first-order valence-electron chi connectivity index (χ1n) is 9.42. The molecule has 0 radical (unpaired) electrons. The van der Waals surface area contributed by atoms with Crippen molar-refractivity contribution in [2.24, 2.45) is 0 Å². The Morgan fingerprint density at radius 1 is 1.13 bits per heavy atom. The molecule has 1 heterocycles. The molecule has 3 rings (SSSR count). The zero-order valence-electron chi connectivity index (χ0n) is 16.5. The first kappa shape index (κ1) is 21.0. The fourth-order valence-corrected chi connectivity index (χ4v) is 3.13. The summed E-state index contributed by atoms with van der Waals surface area (Å²) in [5.74, 6) is -1.97. The standard InChI is InChI=1S/C21H20N2O7/c1-3-13-5-6-14(4-2)16(9-13)18(24)12-29-20(25)11-22-17-8-7-15(23(27)28)10-19(17)30-21(22)26/h5-10H,3-4,11-12H2,1-2H3. The number of ketones is 1. The molecule has 0 atom stereocenters. The molecular formula is C21H20N2O7. The van der Waals surface area contributed by atoms with Gasteiger partial charge in [-0.05, 0) is 36.1 Å². The van der Waals surface area contributed by atoms with Gasteiger partial charge >= 0.3 is 11.7 Å². The first-order valence-corrected chi connectivity index (χ1v) is 9.42. The number of nitro groups is 1. The number of carbonyl (C=O) groups is 2. The van der Waals surface area contributed by atoms with Gasteiger partial charge in [0, 0.05) is 11.6 Å². The van der Waals surface area contributed by atoms with Gasteiger partial charge in [-0.25, -0.2) is 4.79 Å². The highest BCUT2D eigenvalue weighted by Crippen LogP contribution is 2.20. The lowest BCUT2D eigenvalue weighted by Gasteiger charge is -2.10. The van der Waals surface area contributed by atoms with Crippen molar-refractivity contribution < 1.29 is 23.7 Å². The van der Waals surface area contributed by atoms with Gasteiger partial charge in [-0.3, -0.25) is 24.3 Å². The van der Waals surface area contributed by atoms with Gasteiger partial charge in [-0.2, -0.15) is 0 Å². The maximum absolute atomic E-state index is 12.6. The van der Waals surface area contributed by atoms with Gasteiger partial charge in [-0.15, -0.1) is 0 Å². The van der Waals surface area contributed by atoms with E-state index in [9.17, 15) is 24.5 Å². The Bertz CT molecular complexity index is 1190. The average molecular weight is 412 g/mol. The summed E-state index contributed by atoms with van der Waals surface area (Å²) in [5, 5.41) is 10.8. The SMILES string of the molecule is CCc1ccc(CC)c(C(=O)COC(=O)Cn2c(=O)oc3cc([N+](=O)[O-])ccc32)c1. The molecule has 156 valence electrons. The molecule has 9 nitrogen and oxygen atoms in total. The highest BCUT2D eigenvalue weighted by molar-refractivity contribution is 5.99. The Balaban J connectivity index is 1.72. The quantitative estimate of drug-likeness (QED) is 0.241. The molecule has 9 heteroatoms. The molecule has 2 aromatic carbocycles. The van der Waals surface area contributed by atoms with Crippen molar-refractivity contribution in [3.8, 4) is 0 Å². The number of oxazole rings is 1. The highest BCUT2D eigenvalue weighted by atomic mass is 16.6. The van der Waals surface area contributed by atoms with Gasteiger partial charge in [0.2, 0.25) is 5.78 Å². The number of hydrogen-bond donors (Lipinski definition) is 0. The van der Waals surface area contributed by atoms with Gasteiger partial charge < -0.3 is 9.15 Å². The molecule has 0 aliphatic heterocycles. The van der Waals surface area contributed by atoms with Crippen LogP contribution in [0.2, 0.25) is 0 Å².